The summed E-state index contributed by atoms with van der Waals surface area (Å²) in [5.74, 6) is 1.03. The standard InChI is InChI=1S/C19H28N4O.HI/c1-22-17(24)13-16(18(22)15-9-5-4-6-10-15)14-21-19(20)23-11-7-2-3-8-12-23;/h4-6,9-10,16,18H,2-3,7-8,11-14H2,1H3,(H2,20,21);1H. The van der Waals surface area contributed by atoms with Crippen LogP contribution < -0.4 is 5.73 Å². The first-order valence-electron chi connectivity index (χ1n) is 9.02. The van der Waals surface area contributed by atoms with Gasteiger partial charge >= 0.3 is 0 Å². The van der Waals surface area contributed by atoms with E-state index in [1.54, 1.807) is 0 Å². The molecule has 2 heterocycles. The summed E-state index contributed by atoms with van der Waals surface area (Å²) < 4.78 is 0. The van der Waals surface area contributed by atoms with E-state index in [2.05, 4.69) is 22.0 Å². The first kappa shape index (κ1) is 20.0. The van der Waals surface area contributed by atoms with Crippen molar-refractivity contribution < 1.29 is 4.79 Å². The number of nitrogens with zero attached hydrogens (tertiary/aromatic N) is 3. The summed E-state index contributed by atoms with van der Waals surface area (Å²) >= 11 is 0. The summed E-state index contributed by atoms with van der Waals surface area (Å²) in [5.41, 5.74) is 7.41. The van der Waals surface area contributed by atoms with Crippen molar-refractivity contribution in [1.29, 1.82) is 0 Å². The number of carbonyl (C=O) groups excluding carboxylic acids is 1. The molecule has 25 heavy (non-hydrogen) atoms. The fourth-order valence-corrected chi connectivity index (χ4v) is 3.87. The van der Waals surface area contributed by atoms with E-state index in [0.29, 0.717) is 18.9 Å². The van der Waals surface area contributed by atoms with Crippen LogP contribution in [-0.4, -0.2) is 48.3 Å². The zero-order chi connectivity index (χ0) is 16.9. The maximum absolute atomic E-state index is 12.2. The maximum atomic E-state index is 12.2. The molecule has 2 saturated heterocycles. The molecule has 5 nitrogen and oxygen atoms in total. The molecule has 2 fully saturated rings. The van der Waals surface area contributed by atoms with E-state index in [1.807, 2.05) is 30.1 Å². The number of halogens is 1. The third-order valence-electron chi connectivity index (χ3n) is 5.25. The Morgan fingerprint density at radius 3 is 2.44 bits per heavy atom. The molecule has 1 aromatic carbocycles. The molecule has 0 bridgehead atoms. The highest BCUT2D eigenvalue weighted by atomic mass is 127. The van der Waals surface area contributed by atoms with E-state index in [9.17, 15) is 4.79 Å². The van der Waals surface area contributed by atoms with E-state index in [0.717, 1.165) is 13.1 Å². The van der Waals surface area contributed by atoms with Gasteiger partial charge in [-0.3, -0.25) is 9.79 Å². The number of benzene rings is 1. The van der Waals surface area contributed by atoms with Gasteiger partial charge in [0.05, 0.1) is 6.04 Å². The number of nitrogens with two attached hydrogens (primary N) is 1. The van der Waals surface area contributed by atoms with Crippen LogP contribution in [0.25, 0.3) is 0 Å². The molecule has 2 N–H and O–H groups in total. The predicted octanol–water partition coefficient (Wildman–Crippen LogP) is 3.01. The topological polar surface area (TPSA) is 61.9 Å². The minimum atomic E-state index is 0. The Hall–Kier alpha value is -1.31. The fourth-order valence-electron chi connectivity index (χ4n) is 3.87. The third-order valence-corrected chi connectivity index (χ3v) is 5.25. The lowest BCUT2D eigenvalue weighted by atomic mass is 9.94. The number of aliphatic imine (C=N–C) groups is 1. The molecule has 0 spiro atoms. The van der Waals surface area contributed by atoms with Gasteiger partial charge in [-0.05, 0) is 18.4 Å². The summed E-state index contributed by atoms with van der Waals surface area (Å²) in [4.78, 5) is 20.9. The van der Waals surface area contributed by atoms with Crippen molar-refractivity contribution in [2.24, 2.45) is 16.6 Å². The Morgan fingerprint density at radius 2 is 1.80 bits per heavy atom. The van der Waals surface area contributed by atoms with Gasteiger partial charge in [0.2, 0.25) is 5.91 Å². The van der Waals surface area contributed by atoms with Crippen LogP contribution in [0.5, 0.6) is 0 Å². The van der Waals surface area contributed by atoms with E-state index in [4.69, 9.17) is 5.73 Å². The van der Waals surface area contributed by atoms with Crippen LogP contribution >= 0.6 is 24.0 Å². The zero-order valence-electron chi connectivity index (χ0n) is 14.9. The smallest absolute Gasteiger partial charge is 0.223 e. The molecular formula is C19H29IN4O. The predicted molar refractivity (Wildman–Crippen MR) is 112 cm³/mol. The Balaban J connectivity index is 0.00000225. The Morgan fingerprint density at radius 1 is 1.16 bits per heavy atom. The van der Waals surface area contributed by atoms with E-state index in [-0.39, 0.29) is 41.8 Å². The van der Waals surface area contributed by atoms with Gasteiger partial charge in [0.1, 0.15) is 0 Å². The molecule has 2 unspecified atom stereocenters. The van der Waals surface area contributed by atoms with E-state index in [1.165, 1.54) is 31.2 Å². The number of rotatable bonds is 3. The molecule has 3 rings (SSSR count). The summed E-state index contributed by atoms with van der Waals surface area (Å²) in [6, 6.07) is 10.3. The summed E-state index contributed by atoms with van der Waals surface area (Å²) in [6.07, 6.45) is 5.48. The molecule has 0 aliphatic carbocycles. The van der Waals surface area contributed by atoms with Gasteiger partial charge in [0.15, 0.2) is 5.96 Å². The molecule has 6 heteroatoms. The Bertz CT molecular complexity index is 584. The summed E-state index contributed by atoms with van der Waals surface area (Å²) in [7, 11) is 1.89. The van der Waals surface area contributed by atoms with Crippen LogP contribution in [0.3, 0.4) is 0 Å². The van der Waals surface area contributed by atoms with Gasteiger partial charge in [-0.15, -0.1) is 24.0 Å². The van der Waals surface area contributed by atoms with Crippen molar-refractivity contribution in [3.8, 4) is 0 Å². The van der Waals surface area contributed by atoms with Gasteiger partial charge in [-0.2, -0.15) is 0 Å². The van der Waals surface area contributed by atoms with Crippen LogP contribution in [0.4, 0.5) is 0 Å². The molecular weight excluding hydrogens is 427 g/mol. The summed E-state index contributed by atoms with van der Waals surface area (Å²) in [5, 5.41) is 0. The van der Waals surface area contributed by atoms with Crippen LogP contribution in [0.15, 0.2) is 35.3 Å². The lowest BCUT2D eigenvalue weighted by Crippen LogP contribution is -2.38. The number of hydrogen-bond donors (Lipinski definition) is 1. The van der Waals surface area contributed by atoms with Crippen LogP contribution in [-0.2, 0) is 4.79 Å². The second kappa shape index (κ2) is 9.40. The summed E-state index contributed by atoms with van der Waals surface area (Å²) in [6.45, 7) is 2.61. The SMILES string of the molecule is CN1C(=O)CC(CN=C(N)N2CCCCCC2)C1c1ccccc1.I. The second-order valence-corrected chi connectivity index (χ2v) is 6.92. The molecule has 2 aliphatic rings. The van der Waals surface area contributed by atoms with Gasteiger partial charge in [-0.1, -0.05) is 43.2 Å². The Kier molecular flexibility index (Phi) is 7.53. The van der Waals surface area contributed by atoms with Crippen LogP contribution in [0.1, 0.15) is 43.7 Å². The normalized spacial score (nSPS) is 24.8. The average molecular weight is 456 g/mol. The van der Waals surface area contributed by atoms with Crippen molar-refractivity contribution in [3.05, 3.63) is 35.9 Å². The quantitative estimate of drug-likeness (QED) is 0.432. The molecule has 2 aliphatic heterocycles. The molecule has 1 amide bonds. The zero-order valence-corrected chi connectivity index (χ0v) is 17.3. The highest BCUT2D eigenvalue weighted by Crippen LogP contribution is 2.36. The minimum Gasteiger partial charge on any atom is -0.370 e. The van der Waals surface area contributed by atoms with Crippen molar-refractivity contribution in [1.82, 2.24) is 9.80 Å². The maximum Gasteiger partial charge on any atom is 0.223 e. The third kappa shape index (κ3) is 4.86. The molecule has 0 aromatic heterocycles. The molecule has 2 atom stereocenters. The monoisotopic (exact) mass is 456 g/mol. The van der Waals surface area contributed by atoms with Crippen LogP contribution in [0, 0.1) is 5.92 Å². The highest BCUT2D eigenvalue weighted by Gasteiger charge is 2.38. The second-order valence-electron chi connectivity index (χ2n) is 6.92. The lowest BCUT2D eigenvalue weighted by Gasteiger charge is -2.25. The molecule has 138 valence electrons. The van der Waals surface area contributed by atoms with Gasteiger partial charge in [0, 0.05) is 39.0 Å². The van der Waals surface area contributed by atoms with Crippen molar-refractivity contribution in [3.63, 3.8) is 0 Å². The Labute approximate surface area is 167 Å². The largest absolute Gasteiger partial charge is 0.370 e. The van der Waals surface area contributed by atoms with Crippen LogP contribution in [0.2, 0.25) is 0 Å². The lowest BCUT2D eigenvalue weighted by molar-refractivity contribution is -0.127. The molecule has 0 saturated carbocycles. The van der Waals surface area contributed by atoms with Crippen molar-refractivity contribution in [2.45, 2.75) is 38.1 Å². The number of carbonyl (C=O) groups is 1. The molecule has 0 radical (unpaired) electrons. The first-order chi connectivity index (χ1) is 11.7. The highest BCUT2D eigenvalue weighted by molar-refractivity contribution is 14.0. The molecule has 1 aromatic rings. The van der Waals surface area contributed by atoms with E-state index >= 15 is 0 Å². The first-order valence-corrected chi connectivity index (χ1v) is 9.02. The number of hydrogen-bond acceptors (Lipinski definition) is 2. The fraction of sp³-hybridized carbons (Fsp3) is 0.579. The van der Waals surface area contributed by atoms with Gasteiger partial charge < -0.3 is 15.5 Å². The minimum absolute atomic E-state index is 0. The van der Waals surface area contributed by atoms with Crippen molar-refractivity contribution in [2.75, 3.05) is 26.7 Å². The van der Waals surface area contributed by atoms with Crippen molar-refractivity contribution >= 4 is 35.8 Å². The number of amides is 1. The number of guanidine groups is 1. The van der Waals surface area contributed by atoms with E-state index < -0.39 is 0 Å². The van der Waals surface area contributed by atoms with Gasteiger partial charge in [-0.25, -0.2) is 0 Å². The average Bonchev–Trinajstić information content (AvgIpc) is 2.79. The number of likely N-dealkylation sites (tertiary alicyclic amines) is 2. The van der Waals surface area contributed by atoms with Gasteiger partial charge in [0.25, 0.3) is 0 Å².